The highest BCUT2D eigenvalue weighted by Gasteiger charge is 2.30. The Morgan fingerprint density at radius 2 is 1.84 bits per heavy atom. The van der Waals surface area contributed by atoms with Crippen molar-refractivity contribution in [3.63, 3.8) is 0 Å². The molecule has 4 N–H and O–H groups in total. The number of esters is 1. The summed E-state index contributed by atoms with van der Waals surface area (Å²) in [5, 5.41) is 2.61. The maximum absolute atomic E-state index is 12.6. The van der Waals surface area contributed by atoms with Crippen molar-refractivity contribution in [2.45, 2.75) is 33.1 Å². The van der Waals surface area contributed by atoms with Gasteiger partial charge in [0.05, 0.1) is 19.7 Å². The lowest BCUT2D eigenvalue weighted by Gasteiger charge is -2.28. The van der Waals surface area contributed by atoms with Gasteiger partial charge in [0.1, 0.15) is 16.9 Å². The molecule has 3 rings (SSSR count). The molecular weight excluding hydrogens is 398 g/mol. The number of nitrogens with two attached hydrogens (primary N) is 1. The van der Waals surface area contributed by atoms with Crippen LogP contribution in [0.2, 0.25) is 0 Å². The van der Waals surface area contributed by atoms with Crippen LogP contribution in [0.1, 0.15) is 51.8 Å². The minimum atomic E-state index is -0.857. The van der Waals surface area contributed by atoms with Gasteiger partial charge >= 0.3 is 5.97 Å². The fourth-order valence-corrected chi connectivity index (χ4v) is 4.13. The van der Waals surface area contributed by atoms with Crippen LogP contribution in [0.15, 0.2) is 34.7 Å². The van der Waals surface area contributed by atoms with Crippen molar-refractivity contribution in [1.82, 2.24) is 0 Å². The zero-order chi connectivity index (χ0) is 22.4. The molecule has 1 saturated heterocycles. The van der Waals surface area contributed by atoms with Crippen LogP contribution in [-0.2, 0) is 16.0 Å². The Hall–Kier alpha value is -3.13. The number of anilines is 1. The maximum atomic E-state index is 12.6. The molecule has 1 aliphatic heterocycles. The van der Waals surface area contributed by atoms with E-state index in [-0.39, 0.29) is 41.8 Å². The number of piperidine rings is 1. The Kier molecular flexibility index (Phi) is 7.46. The lowest BCUT2D eigenvalue weighted by atomic mass is 9.90. The molecule has 1 aromatic heterocycles. The van der Waals surface area contributed by atoms with Crippen molar-refractivity contribution in [2.24, 2.45) is 11.7 Å². The highest BCUT2D eigenvalue weighted by atomic mass is 16.5. The Morgan fingerprint density at radius 1 is 1.16 bits per heavy atom. The fraction of sp³-hybridized carbons (Fsp3) is 0.435. The third kappa shape index (κ3) is 5.73. The lowest BCUT2D eigenvalue weighted by molar-refractivity contribution is -0.898. The van der Waals surface area contributed by atoms with Gasteiger partial charge in [0.25, 0.3) is 11.8 Å². The predicted octanol–water partition coefficient (Wildman–Crippen LogP) is 1.34. The number of aryl methyl sites for hydroxylation is 1. The van der Waals surface area contributed by atoms with Crippen LogP contribution >= 0.6 is 0 Å². The van der Waals surface area contributed by atoms with E-state index in [1.807, 2.05) is 6.07 Å². The number of benzene rings is 1. The second-order valence-corrected chi connectivity index (χ2v) is 7.93. The number of amides is 2. The third-order valence-corrected chi connectivity index (χ3v) is 5.65. The normalized spacial score (nSPS) is 18.4. The van der Waals surface area contributed by atoms with Crippen LogP contribution < -0.4 is 16.0 Å². The number of likely N-dealkylation sites (tertiary alicyclic amines) is 1. The molecular formula is C23H30N3O5+. The van der Waals surface area contributed by atoms with Crippen molar-refractivity contribution < 1.29 is 28.4 Å². The van der Waals surface area contributed by atoms with Gasteiger partial charge in [0.15, 0.2) is 6.54 Å². The van der Waals surface area contributed by atoms with Crippen molar-refractivity contribution in [3.8, 4) is 0 Å². The van der Waals surface area contributed by atoms with Gasteiger partial charge in [-0.3, -0.25) is 14.9 Å². The fourth-order valence-electron chi connectivity index (χ4n) is 4.13. The number of rotatable bonds is 8. The Morgan fingerprint density at radius 3 is 2.45 bits per heavy atom. The molecule has 8 heteroatoms. The first-order chi connectivity index (χ1) is 14.9. The highest BCUT2D eigenvalue weighted by Crippen LogP contribution is 2.27. The molecule has 1 aliphatic rings. The molecule has 2 aromatic rings. The first kappa shape index (κ1) is 22.6. The van der Waals surface area contributed by atoms with Crippen LogP contribution in [0.5, 0.6) is 0 Å². The van der Waals surface area contributed by atoms with Crippen LogP contribution in [0.25, 0.3) is 0 Å². The molecule has 31 heavy (non-hydrogen) atoms. The minimum absolute atomic E-state index is 0.0428. The zero-order valence-electron chi connectivity index (χ0n) is 18.0. The smallest absolute Gasteiger partial charge is 0.342 e. The van der Waals surface area contributed by atoms with Gasteiger partial charge in [-0.1, -0.05) is 30.3 Å². The molecule has 0 bridgehead atoms. The summed E-state index contributed by atoms with van der Waals surface area (Å²) in [7, 11) is 0. The molecule has 0 atom stereocenters. The molecule has 0 radical (unpaired) electrons. The van der Waals surface area contributed by atoms with E-state index in [2.05, 4.69) is 29.6 Å². The number of carbonyl (C=O) groups excluding carboxylic acids is 3. The van der Waals surface area contributed by atoms with Crippen molar-refractivity contribution >= 4 is 23.7 Å². The molecule has 2 amide bonds. The second-order valence-electron chi connectivity index (χ2n) is 7.93. The Labute approximate surface area is 181 Å². The Bertz CT molecular complexity index is 930. The monoisotopic (exact) mass is 428 g/mol. The van der Waals surface area contributed by atoms with Gasteiger partial charge in [-0.15, -0.1) is 0 Å². The average molecular weight is 429 g/mol. The summed E-state index contributed by atoms with van der Waals surface area (Å²) in [5.41, 5.74) is 6.59. The molecule has 0 saturated carbocycles. The molecule has 0 spiro atoms. The summed E-state index contributed by atoms with van der Waals surface area (Å²) in [6, 6.07) is 10.4. The summed E-state index contributed by atoms with van der Waals surface area (Å²) in [5.74, 6) is -1.15. The zero-order valence-corrected chi connectivity index (χ0v) is 18.0. The van der Waals surface area contributed by atoms with Gasteiger partial charge in [-0.2, -0.15) is 0 Å². The highest BCUT2D eigenvalue weighted by molar-refractivity contribution is 6.10. The minimum Gasteiger partial charge on any atom is -0.462 e. The SMILES string of the molecule is CCOC(=O)c1c(C)oc(NC(=O)C[NH+]2CCC(Cc3ccccc3)CC2)c1C(N)=O. The van der Waals surface area contributed by atoms with Gasteiger partial charge in [0.2, 0.25) is 5.88 Å². The van der Waals surface area contributed by atoms with Gasteiger partial charge in [-0.05, 0) is 44.6 Å². The van der Waals surface area contributed by atoms with E-state index in [0.29, 0.717) is 5.92 Å². The van der Waals surface area contributed by atoms with Crippen LogP contribution in [-0.4, -0.2) is 44.0 Å². The number of hydrogen-bond donors (Lipinski definition) is 3. The number of ether oxygens (including phenoxy) is 1. The van der Waals surface area contributed by atoms with E-state index in [9.17, 15) is 14.4 Å². The summed E-state index contributed by atoms with van der Waals surface area (Å²) in [6.45, 7) is 5.39. The van der Waals surface area contributed by atoms with Crippen molar-refractivity contribution in [3.05, 3.63) is 52.8 Å². The largest absolute Gasteiger partial charge is 0.462 e. The van der Waals surface area contributed by atoms with Crippen LogP contribution in [0, 0.1) is 12.8 Å². The van der Waals surface area contributed by atoms with Crippen LogP contribution in [0.3, 0.4) is 0 Å². The topological polar surface area (TPSA) is 116 Å². The van der Waals surface area contributed by atoms with E-state index in [4.69, 9.17) is 14.9 Å². The molecule has 0 aliphatic carbocycles. The molecule has 1 aromatic carbocycles. The summed E-state index contributed by atoms with van der Waals surface area (Å²) < 4.78 is 10.4. The van der Waals surface area contributed by atoms with E-state index < -0.39 is 11.9 Å². The quantitative estimate of drug-likeness (QED) is 0.549. The van der Waals surface area contributed by atoms with Crippen molar-refractivity contribution in [1.29, 1.82) is 0 Å². The number of carbonyl (C=O) groups is 3. The summed E-state index contributed by atoms with van der Waals surface area (Å²) >= 11 is 0. The van der Waals surface area contributed by atoms with Crippen molar-refractivity contribution in [2.75, 3.05) is 31.6 Å². The molecule has 1 fully saturated rings. The van der Waals surface area contributed by atoms with Crippen LogP contribution in [0.4, 0.5) is 5.88 Å². The number of hydrogen-bond acceptors (Lipinski definition) is 5. The molecule has 2 heterocycles. The van der Waals surface area contributed by atoms with E-state index in [1.54, 1.807) is 6.92 Å². The van der Waals surface area contributed by atoms with E-state index in [0.717, 1.165) is 32.4 Å². The maximum Gasteiger partial charge on any atom is 0.342 e. The molecule has 166 valence electrons. The standard InChI is InChI=1S/C23H29N3O5/c1-3-30-23(29)19-15(2)31-22(20(19)21(24)28)25-18(27)14-26-11-9-17(10-12-26)13-16-7-5-4-6-8-16/h4-8,17H,3,9-14H2,1-2H3,(H2,24,28)(H,25,27)/p+1. The van der Waals surface area contributed by atoms with E-state index >= 15 is 0 Å². The van der Waals surface area contributed by atoms with E-state index in [1.165, 1.54) is 17.4 Å². The van der Waals surface area contributed by atoms with Gasteiger partial charge < -0.3 is 19.8 Å². The van der Waals surface area contributed by atoms with Gasteiger partial charge in [-0.25, -0.2) is 4.79 Å². The second kappa shape index (κ2) is 10.3. The summed E-state index contributed by atoms with van der Waals surface area (Å²) in [4.78, 5) is 37.8. The third-order valence-electron chi connectivity index (χ3n) is 5.65. The summed E-state index contributed by atoms with van der Waals surface area (Å²) in [6.07, 6.45) is 3.17. The first-order valence-electron chi connectivity index (χ1n) is 10.7. The predicted molar refractivity (Wildman–Crippen MR) is 115 cm³/mol. The average Bonchev–Trinajstić information content (AvgIpc) is 3.06. The molecule has 0 unspecified atom stereocenters. The lowest BCUT2D eigenvalue weighted by Crippen LogP contribution is -3.14. The number of quaternary nitrogens is 1. The van der Waals surface area contributed by atoms with Gasteiger partial charge in [0, 0.05) is 0 Å². The number of primary amides is 1. The first-order valence-corrected chi connectivity index (χ1v) is 10.7. The number of nitrogens with one attached hydrogen (secondary N) is 2. The number of furan rings is 1. The Balaban J connectivity index is 1.57. The molecule has 8 nitrogen and oxygen atoms in total.